The van der Waals surface area contributed by atoms with Crippen molar-refractivity contribution in [3.63, 3.8) is 0 Å². The van der Waals surface area contributed by atoms with Gasteiger partial charge in [0.25, 0.3) is 0 Å². The number of benzene rings is 2. The molecule has 0 saturated carbocycles. The summed E-state index contributed by atoms with van der Waals surface area (Å²) in [7, 11) is 0. The van der Waals surface area contributed by atoms with Gasteiger partial charge in [0.05, 0.1) is 11.8 Å². The van der Waals surface area contributed by atoms with Crippen molar-refractivity contribution in [2.45, 2.75) is 26.3 Å². The van der Waals surface area contributed by atoms with Crippen molar-refractivity contribution < 1.29 is 4.79 Å². The third-order valence-electron chi connectivity index (χ3n) is 4.42. The molecule has 0 bridgehead atoms. The Morgan fingerprint density at radius 3 is 2.67 bits per heavy atom. The molecule has 2 N–H and O–H groups in total. The van der Waals surface area contributed by atoms with E-state index in [9.17, 15) is 4.79 Å². The van der Waals surface area contributed by atoms with Crippen LogP contribution >= 0.6 is 11.3 Å². The topological polar surface area (TPSA) is 64.9 Å². The van der Waals surface area contributed by atoms with Crippen LogP contribution in [0.5, 0.6) is 0 Å². The smallest absolute Gasteiger partial charge is 0.243 e. The maximum atomic E-state index is 12.5. The second kappa shape index (κ2) is 8.70. The van der Waals surface area contributed by atoms with Crippen LogP contribution in [0.2, 0.25) is 0 Å². The molecule has 0 aliphatic carbocycles. The number of rotatable bonds is 7. The van der Waals surface area contributed by atoms with Gasteiger partial charge in [0.15, 0.2) is 0 Å². The first-order valence-electron chi connectivity index (χ1n) is 9.05. The van der Waals surface area contributed by atoms with Gasteiger partial charge in [-0.25, -0.2) is 0 Å². The molecule has 2 aromatic carbocycles. The molecule has 4 nitrogen and oxygen atoms in total. The number of fused-ring (bicyclic) bond motifs is 1. The molecule has 0 radical (unpaired) electrons. The van der Waals surface area contributed by atoms with Crippen molar-refractivity contribution in [2.24, 2.45) is 5.92 Å². The molecule has 1 heterocycles. The van der Waals surface area contributed by atoms with Crippen LogP contribution in [0.15, 0.2) is 53.2 Å². The van der Waals surface area contributed by atoms with Crippen LogP contribution in [-0.4, -0.2) is 18.5 Å². The number of thiophene rings is 1. The molecule has 1 amide bonds. The molecule has 27 heavy (non-hydrogen) atoms. The lowest BCUT2D eigenvalue weighted by Gasteiger charge is -2.21. The number of carbonyl (C=O) groups is 1. The number of amides is 1. The zero-order valence-electron chi connectivity index (χ0n) is 15.5. The molecule has 0 unspecified atom stereocenters. The number of nitriles is 1. The number of hydrogen-bond acceptors (Lipinski definition) is 4. The summed E-state index contributed by atoms with van der Waals surface area (Å²) in [4.78, 5) is 12.5. The van der Waals surface area contributed by atoms with Gasteiger partial charge in [-0.15, -0.1) is 11.3 Å². The van der Waals surface area contributed by atoms with E-state index in [1.54, 1.807) is 11.3 Å². The fraction of sp³-hybridized carbons (Fsp3) is 0.273. The Kier molecular flexibility index (Phi) is 6.10. The van der Waals surface area contributed by atoms with Gasteiger partial charge in [-0.3, -0.25) is 4.79 Å². The van der Waals surface area contributed by atoms with E-state index < -0.39 is 0 Å². The summed E-state index contributed by atoms with van der Waals surface area (Å²) in [5, 5.41) is 21.3. The maximum Gasteiger partial charge on any atom is 0.243 e. The van der Waals surface area contributed by atoms with E-state index in [4.69, 9.17) is 5.26 Å². The minimum atomic E-state index is -0.368. The zero-order chi connectivity index (χ0) is 19.2. The standard InChI is InChI=1S/C22H23N3OS/c1-15(2)11-20(22(26)24-10-9-23)25-21-14-27-13-19(21)18-8-7-16-5-3-4-6-17(16)12-18/h3-8,12-15,20,25H,10-11H2,1-2H3,(H,24,26)/t20-/m0/s1. The second-order valence-corrected chi connectivity index (χ2v) is 7.71. The minimum absolute atomic E-state index is 0.0241. The predicted octanol–water partition coefficient (Wildman–Crippen LogP) is 5.03. The van der Waals surface area contributed by atoms with E-state index in [0.717, 1.165) is 16.8 Å². The van der Waals surface area contributed by atoms with Crippen LogP contribution in [-0.2, 0) is 4.79 Å². The van der Waals surface area contributed by atoms with E-state index in [1.165, 1.54) is 10.8 Å². The largest absolute Gasteiger partial charge is 0.372 e. The van der Waals surface area contributed by atoms with Crippen LogP contribution in [0.1, 0.15) is 20.3 Å². The van der Waals surface area contributed by atoms with Crippen molar-refractivity contribution in [2.75, 3.05) is 11.9 Å². The van der Waals surface area contributed by atoms with E-state index in [0.29, 0.717) is 12.3 Å². The van der Waals surface area contributed by atoms with Gasteiger partial charge in [-0.2, -0.15) is 5.26 Å². The molecule has 0 saturated heterocycles. The highest BCUT2D eigenvalue weighted by Crippen LogP contribution is 2.34. The molecule has 0 aliphatic heterocycles. The Balaban J connectivity index is 1.87. The van der Waals surface area contributed by atoms with Crippen molar-refractivity contribution >= 4 is 33.7 Å². The molecular weight excluding hydrogens is 354 g/mol. The highest BCUT2D eigenvalue weighted by molar-refractivity contribution is 7.08. The van der Waals surface area contributed by atoms with E-state index in [-0.39, 0.29) is 18.5 Å². The number of nitrogens with zero attached hydrogens (tertiary/aromatic N) is 1. The first kappa shape index (κ1) is 18.9. The quantitative estimate of drug-likeness (QED) is 0.567. The summed E-state index contributed by atoms with van der Waals surface area (Å²) in [6.07, 6.45) is 0.699. The van der Waals surface area contributed by atoms with E-state index >= 15 is 0 Å². The predicted molar refractivity (Wildman–Crippen MR) is 113 cm³/mol. The molecule has 0 spiro atoms. The molecule has 1 aromatic heterocycles. The summed E-state index contributed by atoms with van der Waals surface area (Å²) in [6, 6.07) is 16.3. The number of hydrogen-bond donors (Lipinski definition) is 2. The van der Waals surface area contributed by atoms with E-state index in [1.807, 2.05) is 23.6 Å². The van der Waals surface area contributed by atoms with Gasteiger partial charge in [0, 0.05) is 16.3 Å². The molecule has 3 aromatic rings. The SMILES string of the molecule is CC(C)C[C@H](Nc1cscc1-c1ccc2ccccc2c1)C(=O)NCC#N. The van der Waals surface area contributed by atoms with Crippen LogP contribution in [0.3, 0.4) is 0 Å². The first-order valence-corrected chi connectivity index (χ1v) is 9.99. The molecular formula is C22H23N3OS. The fourth-order valence-corrected chi connectivity index (χ4v) is 3.93. The van der Waals surface area contributed by atoms with Crippen molar-refractivity contribution in [1.82, 2.24) is 5.32 Å². The van der Waals surface area contributed by atoms with Gasteiger partial charge in [-0.1, -0.05) is 50.2 Å². The number of anilines is 1. The summed E-state index contributed by atoms with van der Waals surface area (Å²) in [5.74, 6) is 0.221. The summed E-state index contributed by atoms with van der Waals surface area (Å²) < 4.78 is 0. The molecule has 0 aliphatic rings. The Bertz CT molecular complexity index is 971. The highest BCUT2D eigenvalue weighted by atomic mass is 32.1. The van der Waals surface area contributed by atoms with Crippen molar-refractivity contribution in [3.05, 3.63) is 53.2 Å². The Hall–Kier alpha value is -2.84. The minimum Gasteiger partial charge on any atom is -0.372 e. The van der Waals surface area contributed by atoms with Crippen molar-refractivity contribution in [3.8, 4) is 17.2 Å². The highest BCUT2D eigenvalue weighted by Gasteiger charge is 2.21. The summed E-state index contributed by atoms with van der Waals surface area (Å²) >= 11 is 1.61. The maximum absolute atomic E-state index is 12.5. The lowest BCUT2D eigenvalue weighted by molar-refractivity contribution is -0.121. The lowest BCUT2D eigenvalue weighted by Crippen LogP contribution is -2.40. The molecule has 138 valence electrons. The van der Waals surface area contributed by atoms with Gasteiger partial charge in [-0.05, 0) is 34.7 Å². The molecule has 0 fully saturated rings. The summed E-state index contributed by atoms with van der Waals surface area (Å²) in [5.41, 5.74) is 3.17. The third kappa shape index (κ3) is 4.66. The van der Waals surface area contributed by atoms with Gasteiger partial charge in [0.2, 0.25) is 5.91 Å². The van der Waals surface area contributed by atoms with Gasteiger partial charge in [0.1, 0.15) is 12.6 Å². The fourth-order valence-electron chi connectivity index (χ4n) is 3.13. The molecule has 1 atom stereocenters. The monoisotopic (exact) mass is 377 g/mol. The zero-order valence-corrected chi connectivity index (χ0v) is 16.3. The lowest BCUT2D eigenvalue weighted by atomic mass is 10.0. The average molecular weight is 378 g/mol. The first-order chi connectivity index (χ1) is 13.1. The second-order valence-electron chi connectivity index (χ2n) is 6.96. The van der Waals surface area contributed by atoms with Crippen LogP contribution in [0.25, 0.3) is 21.9 Å². The van der Waals surface area contributed by atoms with Crippen molar-refractivity contribution in [1.29, 1.82) is 5.26 Å². The van der Waals surface area contributed by atoms with Gasteiger partial charge >= 0.3 is 0 Å². The Morgan fingerprint density at radius 2 is 1.93 bits per heavy atom. The normalized spacial score (nSPS) is 11.9. The van der Waals surface area contributed by atoms with Crippen LogP contribution < -0.4 is 10.6 Å². The molecule has 3 rings (SSSR count). The third-order valence-corrected chi connectivity index (χ3v) is 5.16. The van der Waals surface area contributed by atoms with E-state index in [2.05, 4.69) is 60.2 Å². The Morgan fingerprint density at radius 1 is 1.15 bits per heavy atom. The number of carbonyl (C=O) groups excluding carboxylic acids is 1. The van der Waals surface area contributed by atoms with Gasteiger partial charge < -0.3 is 10.6 Å². The van der Waals surface area contributed by atoms with Crippen LogP contribution in [0.4, 0.5) is 5.69 Å². The summed E-state index contributed by atoms with van der Waals surface area (Å²) in [6.45, 7) is 4.20. The average Bonchev–Trinajstić information content (AvgIpc) is 3.13. The molecule has 5 heteroatoms. The Labute approximate surface area is 163 Å². The number of nitrogens with one attached hydrogen (secondary N) is 2. The van der Waals surface area contributed by atoms with Crippen LogP contribution in [0, 0.1) is 17.2 Å².